The average molecular weight is 389 g/mol. The number of nitrogens with zero attached hydrogens (tertiary/aromatic N) is 1. The number of rotatable bonds is 5. The molecule has 3 rings (SSSR count). The molecule has 6 unspecified atom stereocenters. The number of esters is 3. The van der Waals surface area contributed by atoms with Gasteiger partial charge in [-0.1, -0.05) is 6.92 Å². The van der Waals surface area contributed by atoms with Crippen LogP contribution in [0, 0.1) is 34.0 Å². The molecule has 0 aromatic carbocycles. The lowest BCUT2D eigenvalue weighted by molar-refractivity contribution is -0.231. The second-order valence-corrected chi connectivity index (χ2v) is 7.47. The fourth-order valence-corrected chi connectivity index (χ4v) is 4.22. The third-order valence-corrected chi connectivity index (χ3v) is 6.14. The molecular weight excluding hydrogens is 371 g/mol. The average Bonchev–Trinajstić information content (AvgIpc) is 3.19. The Bertz CT molecular complexity index is 731. The minimum atomic E-state index is -4.81. The Labute approximate surface area is 152 Å². The summed E-state index contributed by atoms with van der Waals surface area (Å²) in [5.74, 6) is -3.82. The van der Waals surface area contributed by atoms with Crippen LogP contribution in [0.3, 0.4) is 0 Å². The first-order valence-corrected chi connectivity index (χ1v) is 8.56. The second-order valence-electron chi connectivity index (χ2n) is 7.47. The molecule has 1 aliphatic heterocycles. The summed E-state index contributed by atoms with van der Waals surface area (Å²) < 4.78 is 54.0. The predicted octanol–water partition coefficient (Wildman–Crippen LogP) is 1.90. The number of halogens is 3. The van der Waals surface area contributed by atoms with Gasteiger partial charge in [-0.15, -0.1) is 0 Å². The van der Waals surface area contributed by atoms with Gasteiger partial charge < -0.3 is 14.2 Å². The monoisotopic (exact) mass is 389 g/mol. The molecule has 148 valence electrons. The molecule has 2 aliphatic carbocycles. The first-order chi connectivity index (χ1) is 12.5. The zero-order chi connectivity index (χ0) is 20.2. The molecular formula is C17H18F3NO6. The van der Waals surface area contributed by atoms with Crippen molar-refractivity contribution in [2.24, 2.45) is 22.7 Å². The summed E-state index contributed by atoms with van der Waals surface area (Å²) in [4.78, 5) is 35.7. The van der Waals surface area contributed by atoms with E-state index < -0.39 is 60.1 Å². The van der Waals surface area contributed by atoms with Crippen molar-refractivity contribution < 1.29 is 41.8 Å². The Morgan fingerprint density at radius 2 is 2.07 bits per heavy atom. The molecule has 6 atom stereocenters. The highest BCUT2D eigenvalue weighted by molar-refractivity contribution is 5.85. The fourth-order valence-electron chi connectivity index (χ4n) is 4.22. The van der Waals surface area contributed by atoms with Gasteiger partial charge in [0.2, 0.25) is 0 Å². The first-order valence-electron chi connectivity index (χ1n) is 8.56. The third kappa shape index (κ3) is 2.66. The van der Waals surface area contributed by atoms with Gasteiger partial charge in [-0.3, -0.25) is 9.59 Å². The number of hydrogen-bond donors (Lipinski definition) is 0. The predicted molar refractivity (Wildman–Crippen MR) is 79.4 cm³/mol. The largest absolute Gasteiger partial charge is 0.457 e. The van der Waals surface area contributed by atoms with Crippen LogP contribution in [0.25, 0.3) is 0 Å². The topological polar surface area (TPSA) is 103 Å². The van der Waals surface area contributed by atoms with Crippen LogP contribution >= 0.6 is 0 Å². The SMILES string of the molecule is CCC(C)(C(=O)OCC(=O)OC1C2CC3C1OC(=O)C3(C#N)C2)C(F)(F)F. The van der Waals surface area contributed by atoms with Gasteiger partial charge >= 0.3 is 24.1 Å². The van der Waals surface area contributed by atoms with E-state index in [9.17, 15) is 32.8 Å². The van der Waals surface area contributed by atoms with Crippen LogP contribution in [0.1, 0.15) is 33.1 Å². The van der Waals surface area contributed by atoms with E-state index in [2.05, 4.69) is 4.74 Å². The van der Waals surface area contributed by atoms with Crippen molar-refractivity contribution in [1.82, 2.24) is 0 Å². The van der Waals surface area contributed by atoms with Gasteiger partial charge in [0.1, 0.15) is 12.2 Å². The van der Waals surface area contributed by atoms with Crippen LogP contribution in [0.4, 0.5) is 13.2 Å². The van der Waals surface area contributed by atoms with E-state index in [1.165, 1.54) is 6.92 Å². The molecule has 0 spiro atoms. The van der Waals surface area contributed by atoms with E-state index in [-0.39, 0.29) is 18.3 Å². The summed E-state index contributed by atoms with van der Waals surface area (Å²) in [6.07, 6.45) is -6.18. The maximum Gasteiger partial charge on any atom is 0.404 e. The number of fused-ring (bicyclic) bond motifs is 1. The van der Waals surface area contributed by atoms with Crippen LogP contribution in [-0.4, -0.2) is 42.9 Å². The van der Waals surface area contributed by atoms with Gasteiger partial charge in [0, 0.05) is 11.8 Å². The van der Waals surface area contributed by atoms with Crippen molar-refractivity contribution in [3.05, 3.63) is 0 Å². The van der Waals surface area contributed by atoms with Crippen LogP contribution in [0.2, 0.25) is 0 Å². The maximum atomic E-state index is 13.0. The van der Waals surface area contributed by atoms with Crippen LogP contribution in [0.15, 0.2) is 0 Å². The number of nitriles is 1. The minimum Gasteiger partial charge on any atom is -0.457 e. The third-order valence-electron chi connectivity index (χ3n) is 6.14. The summed E-state index contributed by atoms with van der Waals surface area (Å²) >= 11 is 0. The molecule has 0 N–H and O–H groups in total. The fraction of sp³-hybridized carbons (Fsp3) is 0.765. The standard InChI is InChI=1S/C17H18F3NO6/c1-3-15(2,17(18,19)20)13(23)25-6-10(22)26-11-8-4-9-12(11)27-14(24)16(9,5-8)7-21/h8-9,11-12H,3-6H2,1-2H3. The summed E-state index contributed by atoms with van der Waals surface area (Å²) in [5, 5.41) is 9.31. The molecule has 7 nitrogen and oxygen atoms in total. The number of carbonyl (C=O) groups excluding carboxylic acids is 3. The molecule has 1 saturated heterocycles. The van der Waals surface area contributed by atoms with E-state index in [1.807, 2.05) is 6.07 Å². The molecule has 27 heavy (non-hydrogen) atoms. The lowest BCUT2D eigenvalue weighted by Crippen LogP contribution is -2.44. The Morgan fingerprint density at radius 1 is 1.41 bits per heavy atom. The normalized spacial score (nSPS) is 35.9. The van der Waals surface area contributed by atoms with Crippen molar-refractivity contribution in [2.75, 3.05) is 6.61 Å². The molecule has 0 aromatic rings. The highest BCUT2D eigenvalue weighted by Gasteiger charge is 2.72. The molecule has 2 bridgehead atoms. The summed E-state index contributed by atoms with van der Waals surface area (Å²) in [6, 6.07) is 2.01. The lowest BCUT2D eigenvalue weighted by atomic mass is 9.75. The van der Waals surface area contributed by atoms with Crippen LogP contribution < -0.4 is 0 Å². The highest BCUT2D eigenvalue weighted by atomic mass is 19.4. The van der Waals surface area contributed by atoms with Gasteiger partial charge in [-0.2, -0.15) is 18.4 Å². The van der Waals surface area contributed by atoms with E-state index in [1.54, 1.807) is 0 Å². The van der Waals surface area contributed by atoms with Gasteiger partial charge in [-0.05, 0) is 26.2 Å². The molecule has 3 fully saturated rings. The molecule has 1 heterocycles. The molecule has 2 saturated carbocycles. The molecule has 0 radical (unpaired) electrons. The second kappa shape index (κ2) is 6.11. The number of hydrogen-bond acceptors (Lipinski definition) is 7. The van der Waals surface area contributed by atoms with E-state index in [0.717, 1.165) is 0 Å². The smallest absolute Gasteiger partial charge is 0.404 e. The number of ether oxygens (including phenoxy) is 3. The van der Waals surface area contributed by atoms with E-state index >= 15 is 0 Å². The van der Waals surface area contributed by atoms with E-state index in [0.29, 0.717) is 13.3 Å². The Hall–Kier alpha value is -2.31. The summed E-state index contributed by atoms with van der Waals surface area (Å²) in [7, 11) is 0. The summed E-state index contributed by atoms with van der Waals surface area (Å²) in [6.45, 7) is 0.927. The molecule has 10 heteroatoms. The van der Waals surface area contributed by atoms with E-state index in [4.69, 9.17) is 9.47 Å². The maximum absolute atomic E-state index is 13.0. The van der Waals surface area contributed by atoms with Crippen molar-refractivity contribution in [2.45, 2.75) is 51.5 Å². The Balaban J connectivity index is 1.58. The minimum absolute atomic E-state index is 0.212. The van der Waals surface area contributed by atoms with Gasteiger partial charge in [-0.25, -0.2) is 4.79 Å². The van der Waals surface area contributed by atoms with Crippen molar-refractivity contribution in [3.63, 3.8) is 0 Å². The number of carbonyl (C=O) groups is 3. The quantitative estimate of drug-likeness (QED) is 0.523. The van der Waals surface area contributed by atoms with Crippen molar-refractivity contribution in [1.29, 1.82) is 5.26 Å². The highest BCUT2D eigenvalue weighted by Crippen LogP contribution is 2.62. The molecule has 0 amide bonds. The van der Waals surface area contributed by atoms with Gasteiger partial charge in [0.05, 0.1) is 6.07 Å². The van der Waals surface area contributed by atoms with Crippen LogP contribution in [0.5, 0.6) is 0 Å². The van der Waals surface area contributed by atoms with Gasteiger partial charge in [0.25, 0.3) is 0 Å². The zero-order valence-electron chi connectivity index (χ0n) is 14.7. The van der Waals surface area contributed by atoms with Crippen LogP contribution in [-0.2, 0) is 28.6 Å². The molecule has 3 aliphatic rings. The Morgan fingerprint density at radius 3 is 2.63 bits per heavy atom. The van der Waals surface area contributed by atoms with Crippen molar-refractivity contribution >= 4 is 17.9 Å². The zero-order valence-corrected chi connectivity index (χ0v) is 14.7. The first kappa shape index (κ1) is 19.5. The van der Waals surface area contributed by atoms with Gasteiger partial charge in [0.15, 0.2) is 17.4 Å². The number of alkyl halides is 3. The Kier molecular flexibility index (Phi) is 4.40. The molecule has 0 aromatic heterocycles. The van der Waals surface area contributed by atoms with Crippen molar-refractivity contribution in [3.8, 4) is 6.07 Å². The lowest BCUT2D eigenvalue weighted by Gasteiger charge is -2.29. The summed E-state index contributed by atoms with van der Waals surface area (Å²) in [5.41, 5.74) is -3.91.